The van der Waals surface area contributed by atoms with Crippen LogP contribution in [0.1, 0.15) is 0 Å². The molecule has 0 spiro atoms. The number of nitrogens with zero attached hydrogens (tertiary/aromatic N) is 2. The molecule has 5 heteroatoms. The third-order valence-corrected chi connectivity index (χ3v) is 1.82. The van der Waals surface area contributed by atoms with Gasteiger partial charge in [-0.15, -0.1) is 0 Å². The van der Waals surface area contributed by atoms with Crippen LogP contribution in [0, 0.1) is 0 Å². The van der Waals surface area contributed by atoms with Gasteiger partial charge in [0.15, 0.2) is 0 Å². The summed E-state index contributed by atoms with van der Waals surface area (Å²) < 4.78 is 0. The SMILES string of the molecule is C=C1C=C(Cl)C=C(C(=O)O)N1C=NC. The first-order chi connectivity index (χ1) is 6.56. The molecule has 0 aliphatic carbocycles. The van der Waals surface area contributed by atoms with Crippen LogP contribution in [0.5, 0.6) is 0 Å². The maximum absolute atomic E-state index is 10.8. The van der Waals surface area contributed by atoms with Gasteiger partial charge < -0.3 is 5.11 Å². The average molecular weight is 213 g/mol. The lowest BCUT2D eigenvalue weighted by atomic mass is 10.2. The van der Waals surface area contributed by atoms with Crippen molar-refractivity contribution in [2.75, 3.05) is 7.05 Å². The summed E-state index contributed by atoms with van der Waals surface area (Å²) in [4.78, 5) is 15.9. The smallest absolute Gasteiger partial charge is 0.352 e. The molecule has 0 aromatic rings. The van der Waals surface area contributed by atoms with Gasteiger partial charge in [0.2, 0.25) is 0 Å². The number of allylic oxidation sites excluding steroid dienone is 3. The van der Waals surface area contributed by atoms with Gasteiger partial charge in [0.25, 0.3) is 0 Å². The number of rotatable bonds is 2. The van der Waals surface area contributed by atoms with Gasteiger partial charge in [-0.25, -0.2) is 4.79 Å². The highest BCUT2D eigenvalue weighted by molar-refractivity contribution is 6.32. The molecule has 0 unspecified atom stereocenters. The van der Waals surface area contributed by atoms with Crippen molar-refractivity contribution in [1.82, 2.24) is 4.90 Å². The van der Waals surface area contributed by atoms with E-state index in [1.54, 1.807) is 13.1 Å². The lowest BCUT2D eigenvalue weighted by Crippen LogP contribution is -2.26. The summed E-state index contributed by atoms with van der Waals surface area (Å²) in [6, 6.07) is 0. The van der Waals surface area contributed by atoms with Gasteiger partial charge in [-0.3, -0.25) is 9.89 Å². The van der Waals surface area contributed by atoms with Gasteiger partial charge in [-0.1, -0.05) is 18.2 Å². The number of carboxylic acid groups (broad SMARTS) is 1. The highest BCUT2D eigenvalue weighted by Crippen LogP contribution is 2.22. The van der Waals surface area contributed by atoms with Crippen molar-refractivity contribution in [2.24, 2.45) is 4.99 Å². The van der Waals surface area contributed by atoms with E-state index in [2.05, 4.69) is 11.6 Å². The van der Waals surface area contributed by atoms with E-state index in [1.807, 2.05) is 0 Å². The third-order valence-electron chi connectivity index (χ3n) is 1.60. The molecule has 0 amide bonds. The molecule has 1 N–H and O–H groups in total. The molecular weight excluding hydrogens is 204 g/mol. The molecule has 1 heterocycles. The summed E-state index contributed by atoms with van der Waals surface area (Å²) in [6.07, 6.45) is 4.29. The fraction of sp³-hybridized carbons (Fsp3) is 0.111. The molecule has 0 aromatic heterocycles. The van der Waals surface area contributed by atoms with Gasteiger partial charge in [-0.05, 0) is 12.2 Å². The summed E-state index contributed by atoms with van der Waals surface area (Å²) in [5, 5.41) is 9.21. The van der Waals surface area contributed by atoms with Gasteiger partial charge in [0.1, 0.15) is 5.70 Å². The zero-order valence-electron chi connectivity index (χ0n) is 7.57. The normalized spacial score (nSPS) is 17.0. The number of aliphatic carboxylic acids is 1. The quantitative estimate of drug-likeness (QED) is 0.558. The Morgan fingerprint density at radius 1 is 1.71 bits per heavy atom. The number of hydrogen-bond acceptors (Lipinski definition) is 2. The molecule has 1 rings (SSSR count). The highest BCUT2D eigenvalue weighted by atomic mass is 35.5. The second kappa shape index (κ2) is 4.11. The summed E-state index contributed by atoms with van der Waals surface area (Å²) >= 11 is 5.71. The van der Waals surface area contributed by atoms with Crippen molar-refractivity contribution in [3.8, 4) is 0 Å². The fourth-order valence-electron chi connectivity index (χ4n) is 1.04. The Bertz CT molecular complexity index is 369. The third kappa shape index (κ3) is 2.03. The van der Waals surface area contributed by atoms with Crippen molar-refractivity contribution in [1.29, 1.82) is 0 Å². The Morgan fingerprint density at radius 2 is 2.36 bits per heavy atom. The lowest BCUT2D eigenvalue weighted by molar-refractivity contribution is -0.133. The summed E-state index contributed by atoms with van der Waals surface area (Å²) in [6.45, 7) is 3.67. The Morgan fingerprint density at radius 3 is 2.86 bits per heavy atom. The predicted octanol–water partition coefficient (Wildman–Crippen LogP) is 1.56. The van der Waals surface area contributed by atoms with Crippen molar-refractivity contribution in [3.05, 3.63) is 35.2 Å². The molecule has 74 valence electrons. The van der Waals surface area contributed by atoms with E-state index in [-0.39, 0.29) is 5.70 Å². The first-order valence-corrected chi connectivity index (χ1v) is 4.16. The number of hydrogen-bond donors (Lipinski definition) is 1. The maximum Gasteiger partial charge on any atom is 0.352 e. The second-order valence-electron chi connectivity index (χ2n) is 2.60. The Balaban J connectivity index is 3.12. The Labute approximate surface area is 86.5 Å². The molecule has 14 heavy (non-hydrogen) atoms. The number of halogens is 1. The van der Waals surface area contributed by atoms with Crippen LogP contribution >= 0.6 is 11.6 Å². The first kappa shape index (κ1) is 10.5. The number of carboxylic acids is 1. The minimum atomic E-state index is -1.07. The minimum Gasteiger partial charge on any atom is -0.477 e. The molecule has 0 atom stereocenters. The molecule has 0 radical (unpaired) electrons. The van der Waals surface area contributed by atoms with Gasteiger partial charge in [-0.2, -0.15) is 0 Å². The van der Waals surface area contributed by atoms with Gasteiger partial charge >= 0.3 is 5.97 Å². The van der Waals surface area contributed by atoms with Gasteiger partial charge in [0.05, 0.1) is 6.34 Å². The van der Waals surface area contributed by atoms with Crippen LogP contribution in [0.2, 0.25) is 0 Å². The highest BCUT2D eigenvalue weighted by Gasteiger charge is 2.20. The molecule has 0 saturated carbocycles. The monoisotopic (exact) mass is 212 g/mol. The molecule has 0 fully saturated rings. The Hall–Kier alpha value is -1.55. The predicted molar refractivity (Wildman–Crippen MR) is 55.0 cm³/mol. The fourth-order valence-corrected chi connectivity index (χ4v) is 1.27. The summed E-state index contributed by atoms with van der Waals surface area (Å²) in [5.41, 5.74) is 0.508. The van der Waals surface area contributed by atoms with Gasteiger partial charge in [0, 0.05) is 17.8 Å². The largest absolute Gasteiger partial charge is 0.477 e. The first-order valence-electron chi connectivity index (χ1n) is 3.79. The van der Waals surface area contributed by atoms with Crippen molar-refractivity contribution in [3.63, 3.8) is 0 Å². The van der Waals surface area contributed by atoms with Crippen LogP contribution in [0.15, 0.2) is 40.1 Å². The molecule has 0 bridgehead atoms. The van der Waals surface area contributed by atoms with Crippen LogP contribution in [0.4, 0.5) is 0 Å². The Kier molecular flexibility index (Phi) is 3.09. The topological polar surface area (TPSA) is 52.9 Å². The number of carbonyl (C=O) groups is 1. The molecule has 1 aliphatic heterocycles. The van der Waals surface area contributed by atoms with E-state index in [0.717, 1.165) is 0 Å². The second-order valence-corrected chi connectivity index (χ2v) is 3.04. The van der Waals surface area contributed by atoms with Crippen LogP contribution in [-0.4, -0.2) is 29.4 Å². The minimum absolute atomic E-state index is 0.0353. The lowest BCUT2D eigenvalue weighted by Gasteiger charge is -2.23. The molecule has 4 nitrogen and oxygen atoms in total. The van der Waals surface area contributed by atoms with E-state index in [1.165, 1.54) is 17.3 Å². The molecule has 0 saturated heterocycles. The summed E-state index contributed by atoms with van der Waals surface area (Å²) in [5.74, 6) is -1.07. The zero-order chi connectivity index (χ0) is 10.7. The van der Waals surface area contributed by atoms with Crippen molar-refractivity contribution >= 4 is 23.9 Å². The van der Waals surface area contributed by atoms with Crippen LogP contribution < -0.4 is 0 Å². The molecular formula is C9H9ClN2O2. The van der Waals surface area contributed by atoms with E-state index < -0.39 is 5.97 Å². The van der Waals surface area contributed by atoms with Crippen molar-refractivity contribution in [2.45, 2.75) is 0 Å². The molecule has 0 aromatic carbocycles. The van der Waals surface area contributed by atoms with Crippen molar-refractivity contribution < 1.29 is 9.90 Å². The van der Waals surface area contributed by atoms with E-state index >= 15 is 0 Å². The average Bonchev–Trinajstić information content (AvgIpc) is 2.09. The van der Waals surface area contributed by atoms with Crippen LogP contribution in [0.3, 0.4) is 0 Å². The van der Waals surface area contributed by atoms with Crippen LogP contribution in [0.25, 0.3) is 0 Å². The standard InChI is InChI=1S/C9H9ClN2O2/c1-6-3-7(10)4-8(9(13)14)12(6)5-11-2/h3-5H,1H2,2H3,(H,13,14). The maximum atomic E-state index is 10.8. The van der Waals surface area contributed by atoms with E-state index in [4.69, 9.17) is 16.7 Å². The van der Waals surface area contributed by atoms with E-state index in [0.29, 0.717) is 10.7 Å². The summed E-state index contributed by atoms with van der Waals surface area (Å²) in [7, 11) is 1.55. The molecule has 1 aliphatic rings. The zero-order valence-corrected chi connectivity index (χ0v) is 8.32. The number of aliphatic imine (C=N–C) groups is 1. The van der Waals surface area contributed by atoms with Crippen LogP contribution in [-0.2, 0) is 4.79 Å². The van der Waals surface area contributed by atoms with E-state index in [9.17, 15) is 4.79 Å².